The standard InChI is InChI=1S/C19H21NO/c1-2-14-20-15-8-12-18(20)17-11-6-7-13-19(17)21-16-9-4-3-5-10-16/h2-7,9-11,13,18H,1,8,12,14-15H2. The number of para-hydroxylation sites is 2. The molecule has 1 atom stereocenters. The molecule has 0 saturated carbocycles. The maximum atomic E-state index is 6.10. The van der Waals surface area contributed by atoms with Crippen molar-refractivity contribution in [1.82, 2.24) is 4.90 Å². The molecule has 2 nitrogen and oxygen atoms in total. The number of rotatable bonds is 5. The molecule has 0 aromatic heterocycles. The fourth-order valence-corrected chi connectivity index (χ4v) is 3.03. The van der Waals surface area contributed by atoms with Gasteiger partial charge in [0.1, 0.15) is 11.5 Å². The van der Waals surface area contributed by atoms with E-state index >= 15 is 0 Å². The Morgan fingerprint density at radius 2 is 1.86 bits per heavy atom. The Labute approximate surface area is 126 Å². The van der Waals surface area contributed by atoms with Crippen molar-refractivity contribution in [2.24, 2.45) is 0 Å². The molecule has 0 N–H and O–H groups in total. The molecule has 1 saturated heterocycles. The summed E-state index contributed by atoms with van der Waals surface area (Å²) in [4.78, 5) is 2.47. The van der Waals surface area contributed by atoms with E-state index < -0.39 is 0 Å². The lowest BCUT2D eigenvalue weighted by molar-refractivity contribution is 0.280. The average Bonchev–Trinajstić information content (AvgIpc) is 2.97. The van der Waals surface area contributed by atoms with E-state index in [0.29, 0.717) is 6.04 Å². The molecule has 1 unspecified atom stereocenters. The van der Waals surface area contributed by atoms with Crippen LogP contribution in [0.25, 0.3) is 0 Å². The Kier molecular flexibility index (Phi) is 4.37. The first kappa shape index (κ1) is 13.9. The second kappa shape index (κ2) is 6.59. The molecule has 108 valence electrons. The van der Waals surface area contributed by atoms with Crippen molar-refractivity contribution in [3.05, 3.63) is 72.8 Å². The van der Waals surface area contributed by atoms with Gasteiger partial charge in [0.05, 0.1) is 0 Å². The average molecular weight is 279 g/mol. The Hall–Kier alpha value is -2.06. The first-order valence-corrected chi connectivity index (χ1v) is 7.55. The van der Waals surface area contributed by atoms with Crippen LogP contribution < -0.4 is 4.74 Å². The van der Waals surface area contributed by atoms with E-state index in [9.17, 15) is 0 Å². The van der Waals surface area contributed by atoms with E-state index in [0.717, 1.165) is 24.6 Å². The molecule has 1 aliphatic rings. The molecule has 0 spiro atoms. The maximum Gasteiger partial charge on any atom is 0.132 e. The molecule has 1 fully saturated rings. The molecule has 2 aromatic carbocycles. The van der Waals surface area contributed by atoms with Crippen LogP contribution in [0.4, 0.5) is 0 Å². The summed E-state index contributed by atoms with van der Waals surface area (Å²) in [5.41, 5.74) is 1.28. The summed E-state index contributed by atoms with van der Waals surface area (Å²) in [6.07, 6.45) is 4.40. The molecular weight excluding hydrogens is 258 g/mol. The zero-order valence-corrected chi connectivity index (χ0v) is 12.2. The van der Waals surface area contributed by atoms with Crippen molar-refractivity contribution in [2.45, 2.75) is 18.9 Å². The van der Waals surface area contributed by atoms with Gasteiger partial charge in [0.15, 0.2) is 0 Å². The van der Waals surface area contributed by atoms with Crippen molar-refractivity contribution in [3.63, 3.8) is 0 Å². The Bertz CT molecular complexity index is 594. The van der Waals surface area contributed by atoms with Crippen LogP contribution in [0.3, 0.4) is 0 Å². The second-order valence-corrected chi connectivity index (χ2v) is 5.39. The Morgan fingerprint density at radius 1 is 1.10 bits per heavy atom. The van der Waals surface area contributed by atoms with Crippen LogP contribution in [0.15, 0.2) is 67.3 Å². The van der Waals surface area contributed by atoms with E-state index in [4.69, 9.17) is 4.74 Å². The van der Waals surface area contributed by atoms with E-state index in [1.807, 2.05) is 42.5 Å². The van der Waals surface area contributed by atoms with Crippen molar-refractivity contribution < 1.29 is 4.74 Å². The lowest BCUT2D eigenvalue weighted by atomic mass is 10.0. The molecular formula is C19H21NO. The summed E-state index contributed by atoms with van der Waals surface area (Å²) < 4.78 is 6.10. The monoisotopic (exact) mass is 279 g/mol. The molecule has 2 aromatic rings. The van der Waals surface area contributed by atoms with Gasteiger partial charge in [0.2, 0.25) is 0 Å². The van der Waals surface area contributed by atoms with Crippen LogP contribution in [0.2, 0.25) is 0 Å². The van der Waals surface area contributed by atoms with Gasteiger partial charge >= 0.3 is 0 Å². The van der Waals surface area contributed by atoms with E-state index in [1.54, 1.807) is 0 Å². The Morgan fingerprint density at radius 3 is 2.67 bits per heavy atom. The minimum absolute atomic E-state index is 0.433. The third-order valence-electron chi connectivity index (χ3n) is 3.98. The largest absolute Gasteiger partial charge is 0.457 e. The molecule has 0 bridgehead atoms. The lowest BCUT2D eigenvalue weighted by Crippen LogP contribution is -2.23. The zero-order chi connectivity index (χ0) is 14.5. The van der Waals surface area contributed by atoms with Crippen LogP contribution in [0.1, 0.15) is 24.4 Å². The molecule has 0 amide bonds. The minimum Gasteiger partial charge on any atom is -0.457 e. The van der Waals surface area contributed by atoms with E-state index in [1.165, 1.54) is 18.4 Å². The zero-order valence-electron chi connectivity index (χ0n) is 12.2. The smallest absolute Gasteiger partial charge is 0.132 e. The predicted octanol–water partition coefficient (Wildman–Crippen LogP) is 4.80. The molecule has 0 radical (unpaired) electrons. The summed E-state index contributed by atoms with van der Waals surface area (Å²) in [6.45, 7) is 5.94. The highest BCUT2D eigenvalue weighted by molar-refractivity contribution is 5.40. The SMILES string of the molecule is C=CCN1CCCC1c1ccccc1Oc1ccccc1. The first-order valence-electron chi connectivity index (χ1n) is 7.55. The normalized spacial score (nSPS) is 18.6. The van der Waals surface area contributed by atoms with Crippen molar-refractivity contribution >= 4 is 0 Å². The summed E-state index contributed by atoms with van der Waals surface area (Å²) >= 11 is 0. The maximum absolute atomic E-state index is 6.10. The highest BCUT2D eigenvalue weighted by Gasteiger charge is 2.27. The molecule has 3 rings (SSSR count). The summed E-state index contributed by atoms with van der Waals surface area (Å²) in [6, 6.07) is 18.8. The van der Waals surface area contributed by atoms with Crippen LogP contribution in [-0.2, 0) is 0 Å². The van der Waals surface area contributed by atoms with Gasteiger partial charge in [-0.3, -0.25) is 4.90 Å². The number of likely N-dealkylation sites (tertiary alicyclic amines) is 1. The second-order valence-electron chi connectivity index (χ2n) is 5.39. The topological polar surface area (TPSA) is 12.5 Å². The molecule has 2 heteroatoms. The number of hydrogen-bond acceptors (Lipinski definition) is 2. The van der Waals surface area contributed by atoms with Crippen LogP contribution in [0.5, 0.6) is 11.5 Å². The van der Waals surface area contributed by atoms with Crippen LogP contribution in [-0.4, -0.2) is 18.0 Å². The van der Waals surface area contributed by atoms with Gasteiger partial charge in [-0.2, -0.15) is 0 Å². The number of hydrogen-bond donors (Lipinski definition) is 0. The third-order valence-corrected chi connectivity index (χ3v) is 3.98. The van der Waals surface area contributed by atoms with E-state index in [-0.39, 0.29) is 0 Å². The summed E-state index contributed by atoms with van der Waals surface area (Å²) in [5.74, 6) is 1.85. The van der Waals surface area contributed by atoms with Crippen molar-refractivity contribution in [3.8, 4) is 11.5 Å². The molecule has 0 aliphatic carbocycles. The fraction of sp³-hybridized carbons (Fsp3) is 0.263. The Balaban J connectivity index is 1.87. The quantitative estimate of drug-likeness (QED) is 0.729. The molecule has 1 aliphatic heterocycles. The third kappa shape index (κ3) is 3.17. The highest BCUT2D eigenvalue weighted by Crippen LogP contribution is 2.38. The van der Waals surface area contributed by atoms with Crippen molar-refractivity contribution in [2.75, 3.05) is 13.1 Å². The van der Waals surface area contributed by atoms with Gasteiger partial charge in [-0.1, -0.05) is 42.5 Å². The van der Waals surface area contributed by atoms with Gasteiger partial charge in [-0.05, 0) is 37.6 Å². The lowest BCUT2D eigenvalue weighted by Gasteiger charge is -2.25. The van der Waals surface area contributed by atoms with Crippen LogP contribution in [0, 0.1) is 0 Å². The number of nitrogens with zero attached hydrogens (tertiary/aromatic N) is 1. The van der Waals surface area contributed by atoms with Crippen LogP contribution >= 0.6 is 0 Å². The van der Waals surface area contributed by atoms with Gasteiger partial charge in [-0.15, -0.1) is 6.58 Å². The fourth-order valence-electron chi connectivity index (χ4n) is 3.03. The molecule has 1 heterocycles. The predicted molar refractivity (Wildman–Crippen MR) is 86.7 cm³/mol. The number of benzene rings is 2. The summed E-state index contributed by atoms with van der Waals surface area (Å²) in [7, 11) is 0. The molecule has 21 heavy (non-hydrogen) atoms. The van der Waals surface area contributed by atoms with Gasteiger partial charge < -0.3 is 4.74 Å². The van der Waals surface area contributed by atoms with Crippen molar-refractivity contribution in [1.29, 1.82) is 0 Å². The van der Waals surface area contributed by atoms with Gasteiger partial charge in [0.25, 0.3) is 0 Å². The minimum atomic E-state index is 0.433. The van der Waals surface area contributed by atoms with Gasteiger partial charge in [0, 0.05) is 18.2 Å². The highest BCUT2D eigenvalue weighted by atomic mass is 16.5. The summed E-state index contributed by atoms with van der Waals surface area (Å²) in [5, 5.41) is 0. The van der Waals surface area contributed by atoms with E-state index in [2.05, 4.69) is 29.7 Å². The first-order chi connectivity index (χ1) is 10.4. The van der Waals surface area contributed by atoms with Gasteiger partial charge in [-0.25, -0.2) is 0 Å². The number of ether oxygens (including phenoxy) is 1.